The van der Waals surface area contributed by atoms with Crippen LogP contribution in [-0.2, 0) is 11.3 Å². The number of hydrogen-bond acceptors (Lipinski definition) is 6. The molecule has 140 valence electrons. The molecule has 27 heavy (non-hydrogen) atoms. The molecule has 0 spiro atoms. The first-order valence-electron chi connectivity index (χ1n) is 8.18. The number of amides is 1. The van der Waals surface area contributed by atoms with Gasteiger partial charge in [-0.1, -0.05) is 29.4 Å². The lowest BCUT2D eigenvalue weighted by Crippen LogP contribution is -2.23. The highest BCUT2D eigenvalue weighted by atomic mass is 35.5. The van der Waals surface area contributed by atoms with Crippen LogP contribution in [0.5, 0.6) is 0 Å². The van der Waals surface area contributed by atoms with Crippen LogP contribution in [-0.4, -0.2) is 30.9 Å². The third kappa shape index (κ3) is 4.23. The number of hydrogen-bond donors (Lipinski definition) is 1. The summed E-state index contributed by atoms with van der Waals surface area (Å²) in [5.41, 5.74) is 1.33. The van der Waals surface area contributed by atoms with E-state index in [-0.39, 0.29) is 11.1 Å². The van der Waals surface area contributed by atoms with Gasteiger partial charge in [-0.25, -0.2) is 4.98 Å². The van der Waals surface area contributed by atoms with E-state index in [4.69, 9.17) is 16.0 Å². The largest absolute Gasteiger partial charge is 0.469 e. The quantitative estimate of drug-likeness (QED) is 0.361. The predicted octanol–water partition coefficient (Wildman–Crippen LogP) is 4.20. The summed E-state index contributed by atoms with van der Waals surface area (Å²) in [4.78, 5) is 16.5. The Bertz CT molecular complexity index is 968. The van der Waals surface area contributed by atoms with Crippen molar-refractivity contribution in [2.45, 2.75) is 30.8 Å². The molecule has 3 heterocycles. The van der Waals surface area contributed by atoms with Crippen LogP contribution in [0.1, 0.15) is 12.7 Å². The molecule has 0 aromatic carbocycles. The molecule has 1 atom stereocenters. The van der Waals surface area contributed by atoms with Gasteiger partial charge in [0.15, 0.2) is 16.1 Å². The number of carbonyl (C=O) groups is 1. The smallest absolute Gasteiger partial charge is 0.237 e. The molecular weight excluding hydrogens is 386 g/mol. The molecule has 1 amide bonds. The van der Waals surface area contributed by atoms with Crippen molar-refractivity contribution in [2.75, 3.05) is 5.32 Å². The summed E-state index contributed by atoms with van der Waals surface area (Å²) >= 11 is 7.30. The van der Waals surface area contributed by atoms with Crippen molar-refractivity contribution in [3.63, 3.8) is 0 Å². The van der Waals surface area contributed by atoms with Gasteiger partial charge in [-0.2, -0.15) is 0 Å². The topological polar surface area (TPSA) is 85.8 Å². The lowest BCUT2D eigenvalue weighted by molar-refractivity contribution is -0.115. The molecule has 3 rings (SSSR count). The molecular formula is C18H18ClN5O2S. The monoisotopic (exact) mass is 403 g/mol. The molecule has 0 saturated heterocycles. The Morgan fingerprint density at radius 3 is 2.96 bits per heavy atom. The number of carbonyl (C=O) groups excluding carboxylic acids is 1. The number of nitrogens with zero attached hydrogens (tertiary/aromatic N) is 4. The third-order valence-corrected chi connectivity index (χ3v) is 5.18. The van der Waals surface area contributed by atoms with Crippen molar-refractivity contribution >= 4 is 35.0 Å². The Labute approximate surface area is 165 Å². The van der Waals surface area contributed by atoms with Crippen LogP contribution < -0.4 is 5.32 Å². The highest BCUT2D eigenvalue weighted by molar-refractivity contribution is 8.00. The summed E-state index contributed by atoms with van der Waals surface area (Å²) in [5.74, 6) is 1.22. The minimum Gasteiger partial charge on any atom is -0.469 e. The van der Waals surface area contributed by atoms with E-state index >= 15 is 0 Å². The Morgan fingerprint density at radius 1 is 1.48 bits per heavy atom. The van der Waals surface area contributed by atoms with Gasteiger partial charge in [0.25, 0.3) is 0 Å². The van der Waals surface area contributed by atoms with Crippen LogP contribution in [0.4, 0.5) is 5.69 Å². The molecule has 0 aliphatic carbocycles. The zero-order chi connectivity index (χ0) is 19.4. The Morgan fingerprint density at radius 2 is 2.30 bits per heavy atom. The van der Waals surface area contributed by atoms with Crippen LogP contribution in [0.15, 0.2) is 52.9 Å². The molecule has 0 fully saturated rings. The van der Waals surface area contributed by atoms with Gasteiger partial charge in [0.1, 0.15) is 5.76 Å². The van der Waals surface area contributed by atoms with Gasteiger partial charge in [0.2, 0.25) is 5.91 Å². The van der Waals surface area contributed by atoms with Crippen molar-refractivity contribution in [2.24, 2.45) is 0 Å². The fourth-order valence-electron chi connectivity index (χ4n) is 2.41. The van der Waals surface area contributed by atoms with Crippen molar-refractivity contribution in [1.29, 1.82) is 0 Å². The first kappa shape index (κ1) is 19.2. The van der Waals surface area contributed by atoms with E-state index in [1.165, 1.54) is 11.8 Å². The lowest BCUT2D eigenvalue weighted by Gasteiger charge is -2.13. The molecule has 0 unspecified atom stereocenters. The minimum absolute atomic E-state index is 0.205. The maximum Gasteiger partial charge on any atom is 0.237 e. The number of nitrogens with one attached hydrogen (secondary N) is 1. The Hall–Kier alpha value is -2.58. The average Bonchev–Trinajstić information content (AvgIpc) is 3.23. The molecule has 9 heteroatoms. The minimum atomic E-state index is -0.424. The van der Waals surface area contributed by atoms with Crippen LogP contribution in [0.25, 0.3) is 11.4 Å². The number of halogens is 1. The Kier molecular flexibility index (Phi) is 5.98. The first-order valence-corrected chi connectivity index (χ1v) is 9.43. The maximum absolute atomic E-state index is 12.5. The molecule has 1 N–H and O–H groups in total. The summed E-state index contributed by atoms with van der Waals surface area (Å²) in [6, 6.07) is 5.25. The van der Waals surface area contributed by atoms with E-state index in [0.29, 0.717) is 23.2 Å². The zero-order valence-corrected chi connectivity index (χ0v) is 16.4. The number of aromatic nitrogens is 4. The van der Waals surface area contributed by atoms with Gasteiger partial charge >= 0.3 is 0 Å². The number of pyridine rings is 1. The van der Waals surface area contributed by atoms with Crippen LogP contribution in [0, 0.1) is 6.92 Å². The van der Waals surface area contributed by atoms with E-state index in [0.717, 1.165) is 11.3 Å². The molecule has 3 aromatic rings. The molecule has 7 nitrogen and oxygen atoms in total. The lowest BCUT2D eigenvalue weighted by atomic mass is 10.2. The van der Waals surface area contributed by atoms with Gasteiger partial charge in [0.05, 0.1) is 22.8 Å². The summed E-state index contributed by atoms with van der Waals surface area (Å²) in [5, 5.41) is 11.7. The van der Waals surface area contributed by atoms with Gasteiger partial charge in [-0.3, -0.25) is 9.36 Å². The van der Waals surface area contributed by atoms with E-state index < -0.39 is 5.25 Å². The highest BCUT2D eigenvalue weighted by Gasteiger charge is 2.22. The van der Waals surface area contributed by atoms with Crippen LogP contribution in [0.2, 0.25) is 5.15 Å². The number of rotatable bonds is 7. The second-order valence-electron chi connectivity index (χ2n) is 5.69. The van der Waals surface area contributed by atoms with Gasteiger partial charge in [-0.05, 0) is 32.0 Å². The van der Waals surface area contributed by atoms with Gasteiger partial charge < -0.3 is 9.73 Å². The third-order valence-electron chi connectivity index (χ3n) is 3.80. The summed E-state index contributed by atoms with van der Waals surface area (Å²) in [7, 11) is 0. The Balaban J connectivity index is 1.79. The van der Waals surface area contributed by atoms with Crippen LogP contribution in [0.3, 0.4) is 0 Å². The zero-order valence-electron chi connectivity index (χ0n) is 14.8. The van der Waals surface area contributed by atoms with Crippen molar-refractivity contribution in [3.05, 3.63) is 54.2 Å². The maximum atomic E-state index is 12.5. The van der Waals surface area contributed by atoms with Gasteiger partial charge in [0, 0.05) is 12.7 Å². The summed E-state index contributed by atoms with van der Waals surface area (Å²) < 4.78 is 7.26. The molecule has 0 radical (unpaired) electrons. The average molecular weight is 404 g/mol. The van der Waals surface area contributed by atoms with E-state index in [1.807, 2.05) is 17.6 Å². The van der Waals surface area contributed by atoms with Crippen LogP contribution >= 0.6 is 23.4 Å². The van der Waals surface area contributed by atoms with E-state index in [2.05, 4.69) is 27.1 Å². The van der Waals surface area contributed by atoms with Crippen molar-refractivity contribution in [1.82, 2.24) is 19.7 Å². The number of anilines is 1. The standard InChI is InChI=1S/C18H18ClN5O2S/c1-4-9-24-16(13-7-10-26-11(13)2)22-23-18(24)27-12(3)17(25)21-14-6-5-8-20-15(14)19/h4-8,10,12H,1,9H2,2-3H3,(H,21,25)/t12-/m1/s1. The van der Waals surface area contributed by atoms with E-state index in [1.54, 1.807) is 37.6 Å². The molecule has 0 aliphatic rings. The number of thioether (sulfide) groups is 1. The number of allylic oxidation sites excluding steroid dienone is 1. The number of aryl methyl sites for hydroxylation is 1. The summed E-state index contributed by atoms with van der Waals surface area (Å²) in [6.45, 7) is 7.96. The fraction of sp³-hybridized carbons (Fsp3) is 0.222. The fourth-order valence-corrected chi connectivity index (χ4v) is 3.44. The first-order chi connectivity index (χ1) is 13.0. The normalized spacial score (nSPS) is 12.0. The SMILES string of the molecule is C=CCn1c(S[C@H](C)C(=O)Nc2cccnc2Cl)nnc1-c1ccoc1C. The van der Waals surface area contributed by atoms with Crippen molar-refractivity contribution < 1.29 is 9.21 Å². The van der Waals surface area contributed by atoms with Crippen molar-refractivity contribution in [3.8, 4) is 11.4 Å². The molecule has 3 aromatic heterocycles. The van der Waals surface area contributed by atoms with E-state index in [9.17, 15) is 4.79 Å². The highest BCUT2D eigenvalue weighted by Crippen LogP contribution is 2.29. The molecule has 0 aliphatic heterocycles. The second kappa shape index (κ2) is 8.41. The second-order valence-corrected chi connectivity index (χ2v) is 7.35. The number of furan rings is 1. The molecule has 0 saturated carbocycles. The van der Waals surface area contributed by atoms with Gasteiger partial charge in [-0.15, -0.1) is 16.8 Å². The molecule has 0 bridgehead atoms. The summed E-state index contributed by atoms with van der Waals surface area (Å²) in [6.07, 6.45) is 4.93. The predicted molar refractivity (Wildman–Crippen MR) is 106 cm³/mol.